The molecule has 0 bridgehead atoms. The SMILES string of the molecule is CN(C)C(=S)Oc1cc2ccccc2cc1-c1cc2cc(OC(=S)N(C)C)c(-c3cc4ccccc4cc3OC(=S)N(C)C)cc2cc1OC(=S)N(C)C. The summed E-state index contributed by atoms with van der Waals surface area (Å²) in [5, 5.41) is 6.98. The minimum Gasteiger partial charge on any atom is -0.431 e. The smallest absolute Gasteiger partial charge is 0.264 e. The van der Waals surface area contributed by atoms with Gasteiger partial charge in [0.05, 0.1) is 0 Å². The van der Waals surface area contributed by atoms with Crippen molar-refractivity contribution in [3.05, 3.63) is 97.1 Å². The van der Waals surface area contributed by atoms with Crippen molar-refractivity contribution < 1.29 is 18.9 Å². The van der Waals surface area contributed by atoms with Crippen LogP contribution in [0, 0.1) is 0 Å². The Kier molecular flexibility index (Phi) is 11.5. The van der Waals surface area contributed by atoms with Crippen molar-refractivity contribution >= 4 is 102 Å². The summed E-state index contributed by atoms with van der Waals surface area (Å²) in [7, 11) is 14.8. The van der Waals surface area contributed by atoms with Gasteiger partial charge in [-0.2, -0.15) is 0 Å². The molecule has 0 spiro atoms. The third-order valence-corrected chi connectivity index (χ3v) is 10.4. The number of hydrogen-bond donors (Lipinski definition) is 0. The Hall–Kier alpha value is -5.14. The number of ether oxygens (including phenoxy) is 4. The second-order valence-corrected chi connectivity index (χ2v) is 14.9. The first-order valence-corrected chi connectivity index (χ1v) is 18.6. The molecule has 54 heavy (non-hydrogen) atoms. The summed E-state index contributed by atoms with van der Waals surface area (Å²) in [6.07, 6.45) is 0. The predicted octanol–water partition coefficient (Wildman–Crippen LogP) is 9.38. The van der Waals surface area contributed by atoms with Crippen molar-refractivity contribution in [1.29, 1.82) is 0 Å². The van der Waals surface area contributed by atoms with Crippen LogP contribution in [-0.2, 0) is 0 Å². The molecule has 0 fully saturated rings. The van der Waals surface area contributed by atoms with Crippen LogP contribution in [0.1, 0.15) is 0 Å². The van der Waals surface area contributed by atoms with Gasteiger partial charge in [0.15, 0.2) is 0 Å². The monoisotopic (exact) mass is 792 g/mol. The van der Waals surface area contributed by atoms with Crippen LogP contribution in [0.25, 0.3) is 54.6 Å². The first-order valence-electron chi connectivity index (χ1n) is 16.9. The maximum Gasteiger partial charge on any atom is 0.264 e. The summed E-state index contributed by atoms with van der Waals surface area (Å²) in [5.41, 5.74) is 3.03. The molecule has 6 aromatic rings. The Labute approximate surface area is 337 Å². The van der Waals surface area contributed by atoms with E-state index in [0.717, 1.165) is 54.6 Å². The van der Waals surface area contributed by atoms with E-state index in [-0.39, 0.29) is 0 Å². The fourth-order valence-electron chi connectivity index (χ4n) is 5.67. The molecule has 0 heterocycles. The van der Waals surface area contributed by atoms with Gasteiger partial charge in [0.25, 0.3) is 20.7 Å². The van der Waals surface area contributed by atoms with Crippen LogP contribution < -0.4 is 18.9 Å². The Balaban J connectivity index is 1.66. The zero-order chi connectivity index (χ0) is 38.8. The summed E-state index contributed by atoms with van der Waals surface area (Å²) < 4.78 is 25.6. The van der Waals surface area contributed by atoms with Crippen molar-refractivity contribution in [2.45, 2.75) is 0 Å². The van der Waals surface area contributed by atoms with E-state index in [4.69, 9.17) is 67.8 Å². The molecular weight excluding hydrogens is 753 g/mol. The largest absolute Gasteiger partial charge is 0.431 e. The fourth-order valence-corrected chi connectivity index (χ4v) is 6.03. The molecule has 6 rings (SSSR count). The van der Waals surface area contributed by atoms with Crippen LogP contribution >= 0.6 is 48.9 Å². The van der Waals surface area contributed by atoms with E-state index < -0.39 is 0 Å². The van der Waals surface area contributed by atoms with Crippen LogP contribution in [0.3, 0.4) is 0 Å². The first kappa shape index (κ1) is 38.6. The highest BCUT2D eigenvalue weighted by atomic mass is 32.1. The predicted molar refractivity (Wildman–Crippen MR) is 237 cm³/mol. The van der Waals surface area contributed by atoms with E-state index in [1.165, 1.54) is 0 Å². The van der Waals surface area contributed by atoms with Gasteiger partial charge in [-0.3, -0.25) is 0 Å². The van der Waals surface area contributed by atoms with Crippen molar-refractivity contribution in [1.82, 2.24) is 19.6 Å². The highest BCUT2D eigenvalue weighted by molar-refractivity contribution is 7.80. The molecule has 0 radical (unpaired) electrons. The van der Waals surface area contributed by atoms with Gasteiger partial charge in [-0.05, 0) is 130 Å². The fraction of sp³-hybridized carbons (Fsp3) is 0.190. The number of thiocarbonyl (C=S) groups is 4. The van der Waals surface area contributed by atoms with Crippen molar-refractivity contribution in [3.8, 4) is 45.3 Å². The molecule has 0 atom stereocenters. The van der Waals surface area contributed by atoms with Gasteiger partial charge in [0.1, 0.15) is 23.0 Å². The van der Waals surface area contributed by atoms with Crippen LogP contribution in [0.4, 0.5) is 0 Å². The van der Waals surface area contributed by atoms with Gasteiger partial charge in [0, 0.05) is 78.6 Å². The van der Waals surface area contributed by atoms with Crippen LogP contribution in [-0.4, -0.2) is 96.7 Å². The Morgan fingerprint density at radius 3 is 0.778 bits per heavy atom. The minimum atomic E-state index is 0.293. The average Bonchev–Trinajstić information content (AvgIpc) is 3.13. The molecule has 0 aromatic heterocycles. The van der Waals surface area contributed by atoms with E-state index >= 15 is 0 Å². The Morgan fingerprint density at radius 1 is 0.333 bits per heavy atom. The summed E-state index contributed by atoms with van der Waals surface area (Å²) in [6, 6.07) is 32.4. The van der Waals surface area contributed by atoms with Crippen molar-refractivity contribution in [3.63, 3.8) is 0 Å². The normalized spacial score (nSPS) is 10.9. The molecule has 0 saturated heterocycles. The van der Waals surface area contributed by atoms with Gasteiger partial charge in [-0.1, -0.05) is 48.5 Å². The van der Waals surface area contributed by atoms with E-state index in [1.807, 2.05) is 129 Å². The quantitative estimate of drug-likeness (QED) is 0.151. The zero-order valence-corrected chi connectivity index (χ0v) is 34.6. The molecule has 0 amide bonds. The van der Waals surface area contributed by atoms with Gasteiger partial charge in [-0.25, -0.2) is 0 Å². The number of rotatable bonds is 6. The van der Waals surface area contributed by atoms with E-state index in [9.17, 15) is 0 Å². The molecule has 0 aliphatic heterocycles. The highest BCUT2D eigenvalue weighted by Gasteiger charge is 2.22. The third kappa shape index (κ3) is 8.32. The molecule has 276 valence electrons. The standard InChI is InChI=1S/C42H40N4O4S4/c1-43(2)39(51)47-35-21-27-15-11-9-13-25(27)17-31(35)33-19-29-24-38(50-42(54)46(7)8)34(20-30(29)23-37(33)49-41(53)45(5)6)32-18-26-14-10-12-16-28(26)22-36(32)48-40(52)44(3)4/h9-24H,1-8H3. The Bertz CT molecular complexity index is 2290. The third-order valence-electron chi connectivity index (χ3n) is 8.56. The van der Waals surface area contributed by atoms with Gasteiger partial charge >= 0.3 is 0 Å². The van der Waals surface area contributed by atoms with Crippen molar-refractivity contribution in [2.75, 3.05) is 56.4 Å². The maximum atomic E-state index is 6.47. The summed E-state index contributed by atoms with van der Waals surface area (Å²) in [4.78, 5) is 7.00. The molecular formula is C42H40N4O4S4. The van der Waals surface area contributed by atoms with Gasteiger partial charge in [-0.15, -0.1) is 0 Å². The van der Waals surface area contributed by atoms with Crippen LogP contribution in [0.5, 0.6) is 23.0 Å². The van der Waals surface area contributed by atoms with Gasteiger partial charge < -0.3 is 38.5 Å². The lowest BCUT2D eigenvalue weighted by atomic mass is 9.93. The second-order valence-electron chi connectivity index (χ2n) is 13.5. The van der Waals surface area contributed by atoms with E-state index in [0.29, 0.717) is 43.7 Å². The number of hydrogen-bond acceptors (Lipinski definition) is 8. The number of benzene rings is 6. The topological polar surface area (TPSA) is 49.9 Å². The molecule has 0 aliphatic rings. The summed E-state index contributed by atoms with van der Waals surface area (Å²) >= 11 is 22.6. The van der Waals surface area contributed by atoms with E-state index in [2.05, 4.69) is 24.3 Å². The molecule has 12 heteroatoms. The number of fused-ring (bicyclic) bond motifs is 3. The van der Waals surface area contributed by atoms with E-state index in [1.54, 1.807) is 19.6 Å². The zero-order valence-electron chi connectivity index (χ0n) is 31.3. The minimum absolute atomic E-state index is 0.293. The maximum absolute atomic E-state index is 6.47. The lowest BCUT2D eigenvalue weighted by molar-refractivity contribution is 0.446. The molecule has 8 nitrogen and oxygen atoms in total. The molecule has 0 unspecified atom stereocenters. The molecule has 0 saturated carbocycles. The average molecular weight is 793 g/mol. The first-order chi connectivity index (χ1) is 25.7. The van der Waals surface area contributed by atoms with Crippen LogP contribution in [0.2, 0.25) is 0 Å². The van der Waals surface area contributed by atoms with Crippen molar-refractivity contribution in [2.24, 2.45) is 0 Å². The lowest BCUT2D eigenvalue weighted by Gasteiger charge is -2.22. The number of nitrogens with zero attached hydrogens (tertiary/aromatic N) is 4. The molecule has 0 N–H and O–H groups in total. The molecule has 0 aliphatic carbocycles. The Morgan fingerprint density at radius 2 is 0.537 bits per heavy atom. The highest BCUT2D eigenvalue weighted by Crippen LogP contribution is 2.46. The van der Waals surface area contributed by atoms with Gasteiger partial charge in [0.2, 0.25) is 0 Å². The summed E-state index contributed by atoms with van der Waals surface area (Å²) in [6.45, 7) is 0. The summed E-state index contributed by atoms with van der Waals surface area (Å²) in [5.74, 6) is 2.21. The lowest BCUT2D eigenvalue weighted by Crippen LogP contribution is -2.26. The molecule has 6 aromatic carbocycles. The van der Waals surface area contributed by atoms with Crippen LogP contribution in [0.15, 0.2) is 97.1 Å². The second kappa shape index (κ2) is 16.1.